The Hall–Kier alpha value is -2.52. The first-order chi connectivity index (χ1) is 15.5. The maximum Gasteiger partial charge on any atom is 0.0366 e. The van der Waals surface area contributed by atoms with Crippen LogP contribution in [0.2, 0.25) is 0 Å². The summed E-state index contributed by atoms with van der Waals surface area (Å²) in [7, 11) is 0. The molecule has 0 aliphatic carbocycles. The van der Waals surface area contributed by atoms with Crippen LogP contribution in [0.4, 0.5) is 5.69 Å². The Morgan fingerprint density at radius 3 is 2.44 bits per heavy atom. The summed E-state index contributed by atoms with van der Waals surface area (Å²) in [5.74, 6) is 0.808. The molecule has 0 unspecified atom stereocenters. The summed E-state index contributed by atoms with van der Waals surface area (Å²) in [6.07, 6.45) is 8.03. The van der Waals surface area contributed by atoms with Crippen LogP contribution in [-0.2, 0) is 6.42 Å². The van der Waals surface area contributed by atoms with E-state index in [0.29, 0.717) is 5.70 Å². The van der Waals surface area contributed by atoms with Gasteiger partial charge in [-0.25, -0.2) is 0 Å². The number of nitrogens with two attached hydrogens (primary N) is 1. The molecule has 172 valence electrons. The number of benzene rings is 2. The maximum absolute atomic E-state index is 5.87. The van der Waals surface area contributed by atoms with Crippen LogP contribution in [0.15, 0.2) is 55.6 Å². The third-order valence-corrected chi connectivity index (χ3v) is 6.74. The van der Waals surface area contributed by atoms with Gasteiger partial charge in [0, 0.05) is 31.0 Å². The summed E-state index contributed by atoms with van der Waals surface area (Å²) in [4.78, 5) is 5.23. The lowest BCUT2D eigenvalue weighted by Crippen LogP contribution is -2.39. The smallest absolute Gasteiger partial charge is 0.0366 e. The van der Waals surface area contributed by atoms with Crippen molar-refractivity contribution in [1.82, 2.24) is 4.90 Å². The molecule has 3 rings (SSSR count). The van der Waals surface area contributed by atoms with Gasteiger partial charge in [-0.1, -0.05) is 56.5 Å². The highest BCUT2D eigenvalue weighted by Gasteiger charge is 2.21. The van der Waals surface area contributed by atoms with Gasteiger partial charge in [-0.15, -0.1) is 0 Å². The third-order valence-electron chi connectivity index (χ3n) is 6.74. The number of rotatable bonds is 11. The van der Waals surface area contributed by atoms with E-state index in [-0.39, 0.29) is 0 Å². The fourth-order valence-electron chi connectivity index (χ4n) is 4.92. The van der Waals surface area contributed by atoms with Crippen molar-refractivity contribution in [3.05, 3.63) is 77.9 Å². The summed E-state index contributed by atoms with van der Waals surface area (Å²) in [5, 5.41) is 0. The van der Waals surface area contributed by atoms with Crippen molar-refractivity contribution in [2.24, 2.45) is 11.7 Å². The standard InChI is InChI=1S/C29H41N3/c1-5-17-31(18-7-8-26-11-14-29(24(4)30)23(3)21-26)22-27-15-19-32(20-16-27)28-12-9-25(6-2)10-13-28/h6,9-14,21,27H,2,4-5,7-8,15-20,22,30H2,1,3H3. The predicted octanol–water partition coefficient (Wildman–Crippen LogP) is 6.13. The van der Waals surface area contributed by atoms with E-state index in [2.05, 4.69) is 79.3 Å². The van der Waals surface area contributed by atoms with Gasteiger partial charge in [0.15, 0.2) is 0 Å². The molecule has 1 fully saturated rings. The monoisotopic (exact) mass is 431 g/mol. The maximum atomic E-state index is 5.87. The van der Waals surface area contributed by atoms with Crippen molar-refractivity contribution >= 4 is 17.5 Å². The van der Waals surface area contributed by atoms with Gasteiger partial charge in [-0.2, -0.15) is 0 Å². The fraction of sp³-hybridized carbons (Fsp3) is 0.448. The lowest BCUT2D eigenvalue weighted by Gasteiger charge is -2.36. The Morgan fingerprint density at radius 2 is 1.84 bits per heavy atom. The van der Waals surface area contributed by atoms with E-state index in [1.807, 2.05) is 6.08 Å². The molecule has 3 nitrogen and oxygen atoms in total. The molecule has 0 radical (unpaired) electrons. The third kappa shape index (κ3) is 6.74. The summed E-state index contributed by atoms with van der Waals surface area (Å²) in [6.45, 7) is 18.1. The van der Waals surface area contributed by atoms with Crippen LogP contribution in [-0.4, -0.2) is 37.6 Å². The van der Waals surface area contributed by atoms with Gasteiger partial charge in [0.1, 0.15) is 0 Å². The van der Waals surface area contributed by atoms with E-state index in [1.165, 1.54) is 67.7 Å². The van der Waals surface area contributed by atoms with E-state index in [0.717, 1.165) is 31.0 Å². The van der Waals surface area contributed by atoms with Gasteiger partial charge in [-0.3, -0.25) is 0 Å². The first-order valence-corrected chi connectivity index (χ1v) is 12.2. The molecule has 1 aliphatic rings. The highest BCUT2D eigenvalue weighted by molar-refractivity contribution is 5.63. The molecule has 0 amide bonds. The van der Waals surface area contributed by atoms with Crippen LogP contribution < -0.4 is 10.6 Å². The molecule has 2 aromatic carbocycles. The molecular formula is C29H41N3. The molecule has 1 aliphatic heterocycles. The molecule has 0 aromatic heterocycles. The highest BCUT2D eigenvalue weighted by Crippen LogP contribution is 2.25. The average molecular weight is 432 g/mol. The molecule has 32 heavy (non-hydrogen) atoms. The molecule has 0 spiro atoms. The van der Waals surface area contributed by atoms with Crippen molar-refractivity contribution in [3.63, 3.8) is 0 Å². The fourth-order valence-corrected chi connectivity index (χ4v) is 4.92. The molecule has 0 bridgehead atoms. The number of aryl methyl sites for hydroxylation is 2. The summed E-state index contributed by atoms with van der Waals surface area (Å²) in [5.41, 5.74) is 12.8. The van der Waals surface area contributed by atoms with Gasteiger partial charge >= 0.3 is 0 Å². The Labute approximate surface area is 195 Å². The Balaban J connectivity index is 1.45. The highest BCUT2D eigenvalue weighted by atomic mass is 15.2. The van der Waals surface area contributed by atoms with Crippen molar-refractivity contribution in [3.8, 4) is 0 Å². The number of hydrogen-bond acceptors (Lipinski definition) is 3. The van der Waals surface area contributed by atoms with E-state index in [4.69, 9.17) is 5.73 Å². The largest absolute Gasteiger partial charge is 0.399 e. The van der Waals surface area contributed by atoms with Crippen molar-refractivity contribution in [2.45, 2.75) is 46.0 Å². The topological polar surface area (TPSA) is 32.5 Å². The van der Waals surface area contributed by atoms with E-state index >= 15 is 0 Å². The normalized spacial score (nSPS) is 14.7. The van der Waals surface area contributed by atoms with Crippen LogP contribution in [0, 0.1) is 12.8 Å². The lowest BCUT2D eigenvalue weighted by molar-refractivity contribution is 0.209. The molecule has 3 heteroatoms. The Bertz CT molecular complexity index is 876. The molecule has 1 heterocycles. The number of piperidine rings is 1. The zero-order chi connectivity index (χ0) is 22.9. The predicted molar refractivity (Wildman–Crippen MR) is 141 cm³/mol. The lowest BCUT2D eigenvalue weighted by atomic mass is 9.95. The molecule has 2 aromatic rings. The van der Waals surface area contributed by atoms with Crippen LogP contribution in [0.3, 0.4) is 0 Å². The van der Waals surface area contributed by atoms with E-state index in [9.17, 15) is 0 Å². The second-order valence-electron chi connectivity index (χ2n) is 9.30. The summed E-state index contributed by atoms with van der Waals surface area (Å²) < 4.78 is 0. The van der Waals surface area contributed by atoms with E-state index < -0.39 is 0 Å². The van der Waals surface area contributed by atoms with E-state index in [1.54, 1.807) is 0 Å². The Kier molecular flexibility index (Phi) is 8.99. The minimum Gasteiger partial charge on any atom is -0.399 e. The van der Waals surface area contributed by atoms with Gasteiger partial charge < -0.3 is 15.5 Å². The Morgan fingerprint density at radius 1 is 1.12 bits per heavy atom. The van der Waals surface area contributed by atoms with Crippen molar-refractivity contribution in [2.75, 3.05) is 37.6 Å². The average Bonchev–Trinajstić information content (AvgIpc) is 2.79. The minimum atomic E-state index is 0.656. The summed E-state index contributed by atoms with van der Waals surface area (Å²) >= 11 is 0. The van der Waals surface area contributed by atoms with Gasteiger partial charge in [0.05, 0.1) is 0 Å². The SMILES string of the molecule is C=Cc1ccc(N2CCC(CN(CCC)CCCc3ccc(C(=C)N)c(C)c3)CC2)cc1. The number of hydrogen-bond donors (Lipinski definition) is 1. The quantitative estimate of drug-likeness (QED) is 0.464. The first kappa shape index (κ1) is 24.1. The molecule has 0 saturated carbocycles. The van der Waals surface area contributed by atoms with Gasteiger partial charge in [0.25, 0.3) is 0 Å². The first-order valence-electron chi connectivity index (χ1n) is 12.2. The van der Waals surface area contributed by atoms with Gasteiger partial charge in [0.2, 0.25) is 0 Å². The number of nitrogens with zero attached hydrogens (tertiary/aromatic N) is 2. The zero-order valence-electron chi connectivity index (χ0n) is 20.2. The molecule has 0 atom stereocenters. The van der Waals surface area contributed by atoms with Crippen molar-refractivity contribution < 1.29 is 0 Å². The van der Waals surface area contributed by atoms with Crippen LogP contribution in [0.25, 0.3) is 11.8 Å². The van der Waals surface area contributed by atoms with Crippen LogP contribution >= 0.6 is 0 Å². The second kappa shape index (κ2) is 11.9. The van der Waals surface area contributed by atoms with Crippen molar-refractivity contribution in [1.29, 1.82) is 0 Å². The van der Waals surface area contributed by atoms with Crippen LogP contribution in [0.1, 0.15) is 54.9 Å². The zero-order valence-corrected chi connectivity index (χ0v) is 20.2. The van der Waals surface area contributed by atoms with Gasteiger partial charge in [-0.05, 0) is 92.4 Å². The molecule has 1 saturated heterocycles. The molecular weight excluding hydrogens is 390 g/mol. The van der Waals surface area contributed by atoms with Crippen LogP contribution in [0.5, 0.6) is 0 Å². The summed E-state index contributed by atoms with van der Waals surface area (Å²) in [6, 6.07) is 15.4. The number of anilines is 1. The minimum absolute atomic E-state index is 0.656. The second-order valence-corrected chi connectivity index (χ2v) is 9.30. The molecule has 2 N–H and O–H groups in total.